The first-order chi connectivity index (χ1) is 9.30. The van der Waals surface area contributed by atoms with Crippen molar-refractivity contribution in [2.24, 2.45) is 5.92 Å². The molecule has 0 amide bonds. The Labute approximate surface area is 115 Å². The molecule has 0 radical (unpaired) electrons. The number of ether oxygens (including phenoxy) is 4. The summed E-state index contributed by atoms with van der Waals surface area (Å²) in [7, 11) is 3.37. The zero-order valence-electron chi connectivity index (χ0n) is 12.1. The van der Waals surface area contributed by atoms with E-state index in [0.717, 1.165) is 24.4 Å². The summed E-state index contributed by atoms with van der Waals surface area (Å²) >= 11 is 0. The zero-order chi connectivity index (χ0) is 13.7. The molecule has 1 aliphatic carbocycles. The highest BCUT2D eigenvalue weighted by Crippen LogP contribution is 2.37. The van der Waals surface area contributed by atoms with Gasteiger partial charge in [-0.2, -0.15) is 0 Å². The van der Waals surface area contributed by atoms with Crippen LogP contribution in [0.1, 0.15) is 32.6 Å². The Bertz CT molecular complexity index is 353. The monoisotopic (exact) mass is 268 g/mol. The third-order valence-electron chi connectivity index (χ3n) is 3.73. The van der Waals surface area contributed by atoms with Crippen LogP contribution < -0.4 is 0 Å². The van der Waals surface area contributed by atoms with Gasteiger partial charge in [0.2, 0.25) is 0 Å². The predicted molar refractivity (Wildman–Crippen MR) is 72.5 cm³/mol. The van der Waals surface area contributed by atoms with Gasteiger partial charge < -0.3 is 18.9 Å². The molecule has 1 atom stereocenters. The van der Waals surface area contributed by atoms with Gasteiger partial charge in [-0.25, -0.2) is 0 Å². The third-order valence-corrected chi connectivity index (χ3v) is 3.73. The van der Waals surface area contributed by atoms with E-state index in [-0.39, 0.29) is 12.2 Å². The molecule has 1 fully saturated rings. The zero-order valence-corrected chi connectivity index (χ0v) is 12.1. The van der Waals surface area contributed by atoms with E-state index in [4.69, 9.17) is 18.9 Å². The summed E-state index contributed by atoms with van der Waals surface area (Å²) < 4.78 is 22.2. The molecule has 108 valence electrons. The minimum atomic E-state index is -0.133. The Morgan fingerprint density at radius 3 is 2.53 bits per heavy atom. The molecule has 0 aromatic carbocycles. The van der Waals surface area contributed by atoms with Gasteiger partial charge in [0.05, 0.1) is 27.4 Å². The molecule has 4 heteroatoms. The Morgan fingerprint density at radius 2 is 1.95 bits per heavy atom. The number of rotatable bonds is 6. The van der Waals surface area contributed by atoms with Crippen LogP contribution in [-0.2, 0) is 18.9 Å². The van der Waals surface area contributed by atoms with E-state index < -0.39 is 0 Å². The summed E-state index contributed by atoms with van der Waals surface area (Å²) in [6, 6.07) is 0. The van der Waals surface area contributed by atoms with Crippen molar-refractivity contribution in [1.82, 2.24) is 0 Å². The Balaban J connectivity index is 2.17. The molecular formula is C15H24O4. The first-order valence-electron chi connectivity index (χ1n) is 7.05. The Morgan fingerprint density at radius 1 is 1.21 bits per heavy atom. The molecule has 1 aliphatic heterocycles. The van der Waals surface area contributed by atoms with Crippen LogP contribution >= 0.6 is 0 Å². The van der Waals surface area contributed by atoms with E-state index in [1.807, 2.05) is 0 Å². The van der Waals surface area contributed by atoms with Gasteiger partial charge in [0.1, 0.15) is 5.76 Å². The lowest BCUT2D eigenvalue weighted by Crippen LogP contribution is -2.27. The standard InChI is InChI=1S/C15H24O4/c1-4-5-6-11-9-13(16-2)14(17-3)10-12(11)15-18-7-8-19-15/h9,12,15H,4-8,10H2,1-3H3. The molecule has 2 rings (SSSR count). The lowest BCUT2D eigenvalue weighted by molar-refractivity contribution is -0.0772. The van der Waals surface area contributed by atoms with Crippen LogP contribution in [0.5, 0.6) is 0 Å². The average Bonchev–Trinajstić information content (AvgIpc) is 2.98. The lowest BCUT2D eigenvalue weighted by Gasteiger charge is -2.29. The van der Waals surface area contributed by atoms with Crippen LogP contribution in [0.25, 0.3) is 0 Å². The average molecular weight is 268 g/mol. The molecule has 2 aliphatic rings. The van der Waals surface area contributed by atoms with Crippen LogP contribution in [0.15, 0.2) is 23.2 Å². The fraction of sp³-hybridized carbons (Fsp3) is 0.733. The van der Waals surface area contributed by atoms with Gasteiger partial charge in [0, 0.05) is 12.3 Å². The van der Waals surface area contributed by atoms with Crippen LogP contribution in [0, 0.1) is 5.92 Å². The second kappa shape index (κ2) is 6.96. The van der Waals surface area contributed by atoms with E-state index in [1.54, 1.807) is 14.2 Å². The first kappa shape index (κ1) is 14.4. The Hall–Kier alpha value is -1.00. The van der Waals surface area contributed by atoms with Crippen molar-refractivity contribution in [3.8, 4) is 0 Å². The summed E-state index contributed by atoms with van der Waals surface area (Å²) in [5.74, 6) is 1.97. The normalized spacial score (nSPS) is 24.6. The fourth-order valence-electron chi connectivity index (χ4n) is 2.66. The lowest BCUT2D eigenvalue weighted by atomic mass is 9.86. The van der Waals surface area contributed by atoms with E-state index in [0.29, 0.717) is 13.2 Å². The van der Waals surface area contributed by atoms with Gasteiger partial charge in [0.15, 0.2) is 12.0 Å². The Kier molecular flexibility index (Phi) is 5.28. The molecule has 4 nitrogen and oxygen atoms in total. The number of methoxy groups -OCH3 is 2. The summed E-state index contributed by atoms with van der Waals surface area (Å²) in [6.45, 7) is 3.57. The van der Waals surface area contributed by atoms with Gasteiger partial charge in [-0.3, -0.25) is 0 Å². The summed E-state index contributed by atoms with van der Waals surface area (Å²) in [5, 5.41) is 0. The smallest absolute Gasteiger partial charge is 0.164 e. The minimum Gasteiger partial charge on any atom is -0.497 e. The van der Waals surface area contributed by atoms with Crippen LogP contribution in [0.2, 0.25) is 0 Å². The molecule has 1 unspecified atom stereocenters. The van der Waals surface area contributed by atoms with Crippen molar-refractivity contribution in [3.05, 3.63) is 23.2 Å². The molecular weight excluding hydrogens is 244 g/mol. The van der Waals surface area contributed by atoms with Crippen molar-refractivity contribution >= 4 is 0 Å². The van der Waals surface area contributed by atoms with Gasteiger partial charge in [-0.1, -0.05) is 18.9 Å². The van der Waals surface area contributed by atoms with Gasteiger partial charge >= 0.3 is 0 Å². The van der Waals surface area contributed by atoms with Crippen LogP contribution in [0.4, 0.5) is 0 Å². The molecule has 19 heavy (non-hydrogen) atoms. The molecule has 0 aromatic heterocycles. The molecule has 1 heterocycles. The maximum absolute atomic E-state index is 5.68. The van der Waals surface area contributed by atoms with E-state index in [1.165, 1.54) is 18.4 Å². The number of unbranched alkanes of at least 4 members (excludes halogenated alkanes) is 1. The van der Waals surface area contributed by atoms with Crippen LogP contribution in [-0.4, -0.2) is 33.7 Å². The highest BCUT2D eigenvalue weighted by atomic mass is 16.7. The van der Waals surface area contributed by atoms with Crippen molar-refractivity contribution in [2.45, 2.75) is 38.9 Å². The fourth-order valence-corrected chi connectivity index (χ4v) is 2.66. The van der Waals surface area contributed by atoms with E-state index >= 15 is 0 Å². The topological polar surface area (TPSA) is 36.9 Å². The number of hydrogen-bond acceptors (Lipinski definition) is 4. The molecule has 0 aromatic rings. The molecule has 0 spiro atoms. The maximum Gasteiger partial charge on any atom is 0.164 e. The quantitative estimate of drug-likeness (QED) is 0.742. The predicted octanol–water partition coefficient (Wildman–Crippen LogP) is 3.00. The van der Waals surface area contributed by atoms with E-state index in [2.05, 4.69) is 13.0 Å². The second-order valence-electron chi connectivity index (χ2n) is 4.94. The summed E-state index contributed by atoms with van der Waals surface area (Å²) in [4.78, 5) is 0. The van der Waals surface area contributed by atoms with Crippen molar-refractivity contribution in [2.75, 3.05) is 27.4 Å². The SMILES string of the molecule is CCCCC1=CC(OC)=C(OC)CC1C1OCCO1. The molecule has 0 N–H and O–H groups in total. The summed E-state index contributed by atoms with van der Waals surface area (Å²) in [5.41, 5.74) is 1.35. The number of hydrogen-bond donors (Lipinski definition) is 0. The molecule has 1 saturated heterocycles. The third kappa shape index (κ3) is 3.31. The molecule has 0 saturated carbocycles. The molecule has 0 bridgehead atoms. The summed E-state index contributed by atoms with van der Waals surface area (Å²) in [6.07, 6.45) is 6.18. The van der Waals surface area contributed by atoms with Crippen molar-refractivity contribution < 1.29 is 18.9 Å². The largest absolute Gasteiger partial charge is 0.497 e. The van der Waals surface area contributed by atoms with Gasteiger partial charge in [-0.15, -0.1) is 0 Å². The van der Waals surface area contributed by atoms with E-state index in [9.17, 15) is 0 Å². The number of allylic oxidation sites excluding steroid dienone is 2. The highest BCUT2D eigenvalue weighted by molar-refractivity contribution is 5.30. The van der Waals surface area contributed by atoms with Crippen LogP contribution in [0.3, 0.4) is 0 Å². The van der Waals surface area contributed by atoms with Gasteiger partial charge in [0.25, 0.3) is 0 Å². The second-order valence-corrected chi connectivity index (χ2v) is 4.94. The maximum atomic E-state index is 5.68. The van der Waals surface area contributed by atoms with Crippen molar-refractivity contribution in [3.63, 3.8) is 0 Å². The van der Waals surface area contributed by atoms with Gasteiger partial charge in [-0.05, 0) is 18.9 Å². The first-order valence-corrected chi connectivity index (χ1v) is 7.05. The minimum absolute atomic E-state index is 0.133. The highest BCUT2D eigenvalue weighted by Gasteiger charge is 2.34. The van der Waals surface area contributed by atoms with Crippen molar-refractivity contribution in [1.29, 1.82) is 0 Å².